The lowest BCUT2D eigenvalue weighted by Gasteiger charge is -2.38. The number of hydrogen-bond acceptors (Lipinski definition) is 5. The van der Waals surface area contributed by atoms with Crippen molar-refractivity contribution in [3.05, 3.63) is 11.3 Å². The number of rotatable bonds is 1. The maximum Gasteiger partial charge on any atom is 0.199 e. The first-order valence-electron chi connectivity index (χ1n) is 6.70. The number of fused-ring (bicyclic) bond motifs is 1. The van der Waals surface area contributed by atoms with Gasteiger partial charge in [0.05, 0.1) is 13.2 Å². The van der Waals surface area contributed by atoms with Gasteiger partial charge in [0.25, 0.3) is 0 Å². The quantitative estimate of drug-likeness (QED) is 0.688. The van der Waals surface area contributed by atoms with Gasteiger partial charge in [-0.25, -0.2) is 4.76 Å². The first-order valence-corrected chi connectivity index (χ1v) is 11.2. The van der Waals surface area contributed by atoms with E-state index in [9.17, 15) is 5.26 Å². The van der Waals surface area contributed by atoms with E-state index < -0.39 is 5.54 Å². The predicted molar refractivity (Wildman–Crippen MR) is 86.2 cm³/mol. The number of nitrogens with zero attached hydrogens (tertiary/aromatic N) is 4. The number of nitriles is 1. The molecule has 0 radical (unpaired) electrons. The molecular formula is C12H17N4OPS2. The standard InChI is InChI=1S/C12H17N4OPS2/c1-20-18(19)14-12(15-5-7-17-8-6-15)10(9-13)11-3-2-4-16(11)18/h2-8H2,1H3/t18-/m1/s1. The van der Waals surface area contributed by atoms with Gasteiger partial charge in [-0.3, -0.25) is 0 Å². The van der Waals surface area contributed by atoms with Crippen LogP contribution in [0.5, 0.6) is 0 Å². The summed E-state index contributed by atoms with van der Waals surface area (Å²) in [5.74, 6) is 0.821. The zero-order valence-corrected chi connectivity index (χ0v) is 13.9. The molecule has 0 amide bonds. The van der Waals surface area contributed by atoms with E-state index in [0.29, 0.717) is 13.2 Å². The second-order valence-electron chi connectivity index (χ2n) is 4.86. The monoisotopic (exact) mass is 328 g/mol. The van der Waals surface area contributed by atoms with E-state index in [1.807, 2.05) is 6.26 Å². The molecule has 0 bridgehead atoms. The van der Waals surface area contributed by atoms with Gasteiger partial charge in [-0.2, -0.15) is 5.26 Å². The summed E-state index contributed by atoms with van der Waals surface area (Å²) >= 11 is 7.52. The van der Waals surface area contributed by atoms with Gasteiger partial charge in [-0.15, -0.1) is 0 Å². The minimum atomic E-state index is -1.99. The molecule has 0 spiro atoms. The molecule has 8 heteroatoms. The summed E-state index contributed by atoms with van der Waals surface area (Å²) in [4.78, 5) is 2.17. The summed E-state index contributed by atoms with van der Waals surface area (Å²) in [6, 6.07) is 2.37. The molecule has 3 heterocycles. The molecule has 3 aliphatic heterocycles. The molecule has 3 rings (SSSR count). The van der Waals surface area contributed by atoms with Crippen molar-refractivity contribution in [2.45, 2.75) is 12.8 Å². The summed E-state index contributed by atoms with van der Waals surface area (Å²) in [6.07, 6.45) is 4.06. The van der Waals surface area contributed by atoms with E-state index >= 15 is 0 Å². The van der Waals surface area contributed by atoms with Gasteiger partial charge in [-0.1, -0.05) is 11.4 Å². The zero-order chi connectivity index (χ0) is 14.2. The van der Waals surface area contributed by atoms with Crippen LogP contribution < -0.4 is 0 Å². The van der Waals surface area contributed by atoms with Gasteiger partial charge in [0.2, 0.25) is 0 Å². The molecule has 5 nitrogen and oxygen atoms in total. The Bertz CT molecular complexity index is 562. The van der Waals surface area contributed by atoms with E-state index in [0.717, 1.165) is 49.6 Å². The number of ether oxygens (including phenoxy) is 1. The highest BCUT2D eigenvalue weighted by Crippen LogP contribution is 2.67. The molecular weight excluding hydrogens is 311 g/mol. The minimum Gasteiger partial charge on any atom is -0.378 e. The Morgan fingerprint density at radius 2 is 2.15 bits per heavy atom. The van der Waals surface area contributed by atoms with Crippen molar-refractivity contribution >= 4 is 34.6 Å². The van der Waals surface area contributed by atoms with Crippen LogP contribution in [0.15, 0.2) is 16.0 Å². The maximum atomic E-state index is 9.58. The molecule has 0 aromatic heterocycles. The summed E-state index contributed by atoms with van der Waals surface area (Å²) < 4.78 is 12.5. The number of allylic oxidation sites excluding steroid dienone is 1. The largest absolute Gasteiger partial charge is 0.378 e. The Labute approximate surface area is 128 Å². The van der Waals surface area contributed by atoms with Gasteiger partial charge in [0.1, 0.15) is 11.6 Å². The minimum absolute atomic E-state index is 0.693. The van der Waals surface area contributed by atoms with Crippen molar-refractivity contribution in [1.82, 2.24) is 9.57 Å². The van der Waals surface area contributed by atoms with E-state index in [2.05, 4.69) is 15.6 Å². The number of morpholine rings is 1. The summed E-state index contributed by atoms with van der Waals surface area (Å²) in [7, 11) is 0. The van der Waals surface area contributed by atoms with Crippen molar-refractivity contribution in [2.75, 3.05) is 39.1 Å². The van der Waals surface area contributed by atoms with Crippen LogP contribution in [-0.2, 0) is 16.5 Å². The Morgan fingerprint density at radius 1 is 1.40 bits per heavy atom. The first-order chi connectivity index (χ1) is 9.69. The third kappa shape index (κ3) is 2.29. The molecule has 0 aromatic rings. The number of hydrogen-bond donors (Lipinski definition) is 0. The third-order valence-corrected chi connectivity index (χ3v) is 10.2. The Balaban J connectivity index is 2.05. The lowest BCUT2D eigenvalue weighted by molar-refractivity contribution is 0.0683. The molecule has 108 valence electrons. The van der Waals surface area contributed by atoms with Gasteiger partial charge in [-0.05, 0) is 30.9 Å². The Morgan fingerprint density at radius 3 is 2.80 bits per heavy atom. The van der Waals surface area contributed by atoms with Crippen molar-refractivity contribution in [1.29, 1.82) is 5.26 Å². The zero-order valence-electron chi connectivity index (χ0n) is 11.4. The molecule has 3 aliphatic rings. The molecule has 0 N–H and O–H groups in total. The summed E-state index contributed by atoms with van der Waals surface area (Å²) in [6.45, 7) is 3.92. The van der Waals surface area contributed by atoms with E-state index in [1.54, 1.807) is 11.4 Å². The molecule has 2 saturated heterocycles. The van der Waals surface area contributed by atoms with Crippen LogP contribution in [0.25, 0.3) is 0 Å². The highest BCUT2D eigenvalue weighted by molar-refractivity contribution is 8.69. The van der Waals surface area contributed by atoms with Crippen molar-refractivity contribution in [2.24, 2.45) is 4.76 Å². The van der Waals surface area contributed by atoms with Crippen LogP contribution in [-0.4, -0.2) is 54.5 Å². The maximum absolute atomic E-state index is 9.58. The van der Waals surface area contributed by atoms with Crippen molar-refractivity contribution < 1.29 is 4.74 Å². The molecule has 0 aromatic carbocycles. The van der Waals surface area contributed by atoms with Crippen LogP contribution in [0.2, 0.25) is 0 Å². The second-order valence-corrected chi connectivity index (χ2v) is 11.7. The van der Waals surface area contributed by atoms with Crippen LogP contribution in [0, 0.1) is 11.3 Å². The molecule has 1 atom stereocenters. The van der Waals surface area contributed by atoms with Crippen LogP contribution in [0.1, 0.15) is 12.8 Å². The second kappa shape index (κ2) is 5.69. The van der Waals surface area contributed by atoms with E-state index in [-0.39, 0.29) is 0 Å². The number of amidine groups is 1. The summed E-state index contributed by atoms with van der Waals surface area (Å²) in [5, 5.41) is 9.58. The Kier molecular flexibility index (Phi) is 4.09. The molecule has 0 aliphatic carbocycles. The van der Waals surface area contributed by atoms with E-state index in [1.165, 1.54) is 0 Å². The molecule has 20 heavy (non-hydrogen) atoms. The first kappa shape index (κ1) is 14.4. The fraction of sp³-hybridized carbons (Fsp3) is 0.667. The van der Waals surface area contributed by atoms with Gasteiger partial charge >= 0.3 is 0 Å². The van der Waals surface area contributed by atoms with E-state index in [4.69, 9.17) is 21.3 Å². The summed E-state index contributed by atoms with van der Waals surface area (Å²) in [5.41, 5.74) is -0.130. The predicted octanol–water partition coefficient (Wildman–Crippen LogP) is 2.19. The SMILES string of the molecule is CS[P@]1(=S)N=C(N2CCOCC2)C(C#N)=C2CCCN21. The fourth-order valence-electron chi connectivity index (χ4n) is 2.80. The van der Waals surface area contributed by atoms with Crippen molar-refractivity contribution in [3.63, 3.8) is 0 Å². The van der Waals surface area contributed by atoms with Gasteiger partial charge in [0, 0.05) is 25.3 Å². The highest BCUT2D eigenvalue weighted by atomic mass is 32.9. The van der Waals surface area contributed by atoms with Crippen LogP contribution >= 0.6 is 16.9 Å². The topological polar surface area (TPSA) is 51.9 Å². The smallest absolute Gasteiger partial charge is 0.199 e. The van der Waals surface area contributed by atoms with Crippen LogP contribution in [0.3, 0.4) is 0 Å². The third-order valence-electron chi connectivity index (χ3n) is 3.79. The average molecular weight is 328 g/mol. The lowest BCUT2D eigenvalue weighted by Crippen LogP contribution is -2.43. The highest BCUT2D eigenvalue weighted by Gasteiger charge is 2.39. The molecule has 0 unspecified atom stereocenters. The lowest BCUT2D eigenvalue weighted by atomic mass is 10.1. The van der Waals surface area contributed by atoms with Gasteiger partial charge in [0.15, 0.2) is 11.4 Å². The normalized spacial score (nSPS) is 30.1. The van der Waals surface area contributed by atoms with Crippen molar-refractivity contribution in [3.8, 4) is 6.07 Å². The van der Waals surface area contributed by atoms with Crippen LogP contribution in [0.4, 0.5) is 0 Å². The molecule has 0 saturated carbocycles. The molecule has 2 fully saturated rings. The average Bonchev–Trinajstić information content (AvgIpc) is 2.98. The van der Waals surface area contributed by atoms with Gasteiger partial charge < -0.3 is 14.3 Å². The fourth-order valence-corrected chi connectivity index (χ4v) is 6.93. The Hall–Kier alpha value is -0.540.